The normalized spacial score (nSPS) is 21.2. The number of nitrogens with one attached hydrogen (secondary N) is 3. The highest BCUT2D eigenvalue weighted by molar-refractivity contribution is 5.84. The highest BCUT2D eigenvalue weighted by atomic mass is 16.5. The lowest BCUT2D eigenvalue weighted by Crippen LogP contribution is -2.32. The first-order chi connectivity index (χ1) is 19.1. The van der Waals surface area contributed by atoms with Gasteiger partial charge in [0.15, 0.2) is 0 Å². The Morgan fingerprint density at radius 1 is 0.400 bits per heavy atom. The van der Waals surface area contributed by atoms with Gasteiger partial charge in [0, 0.05) is 77.8 Å². The molecule has 1 rings (SSSR count). The number of hydrogen-bond donors (Lipinski definition) is 6. The Hall–Kier alpha value is -3.30. The predicted molar refractivity (Wildman–Crippen MR) is 140 cm³/mol. The fraction of sp³-hybridized carbons (Fsp3) is 0.760. The molecule has 6 amide bonds. The van der Waals surface area contributed by atoms with Crippen LogP contribution in [-0.2, 0) is 28.8 Å². The molecule has 0 aromatic heterocycles. The maximum absolute atomic E-state index is 12.0. The molecule has 0 aromatic rings. The standard InChI is InChI=1S/C25H44N6O9/c32-20-8-12-24(36)30(39)18-6-4-16-28-22(34)10-13-25(37)31(40)19-7-3-15-27-21(33)9-11-23(35)29(38)17-5-1-2-14-26-20/h38-40H,1-19H2,(H,26,32)(H,27,33)(H,28,34). The zero-order valence-corrected chi connectivity index (χ0v) is 23.1. The van der Waals surface area contributed by atoms with E-state index in [0.717, 1.165) is 0 Å². The molecular weight excluding hydrogens is 528 g/mol. The first kappa shape index (κ1) is 34.7. The quantitative estimate of drug-likeness (QED) is 0.217. The molecule has 0 saturated carbocycles. The number of rotatable bonds is 0. The van der Waals surface area contributed by atoms with Crippen LogP contribution < -0.4 is 16.0 Å². The van der Waals surface area contributed by atoms with Crippen molar-refractivity contribution in [2.45, 2.75) is 83.5 Å². The molecule has 1 aliphatic heterocycles. The van der Waals surface area contributed by atoms with Crippen molar-refractivity contribution in [2.75, 3.05) is 39.3 Å². The van der Waals surface area contributed by atoms with E-state index in [-0.39, 0.29) is 82.4 Å². The van der Waals surface area contributed by atoms with Crippen LogP contribution in [0, 0.1) is 0 Å². The number of nitrogens with zero attached hydrogens (tertiary/aromatic N) is 3. The molecule has 228 valence electrons. The van der Waals surface area contributed by atoms with Gasteiger partial charge in [-0.25, -0.2) is 15.2 Å². The molecule has 0 aromatic carbocycles. The van der Waals surface area contributed by atoms with Gasteiger partial charge < -0.3 is 16.0 Å². The average Bonchev–Trinajstić information content (AvgIpc) is 2.93. The number of hydrogen-bond acceptors (Lipinski definition) is 9. The molecule has 1 saturated heterocycles. The number of carbonyl (C=O) groups is 6. The smallest absolute Gasteiger partial charge is 0.246 e. The van der Waals surface area contributed by atoms with Crippen molar-refractivity contribution < 1.29 is 44.4 Å². The third-order valence-corrected chi connectivity index (χ3v) is 6.17. The fourth-order valence-corrected chi connectivity index (χ4v) is 3.71. The minimum absolute atomic E-state index is 0.0366. The van der Waals surface area contributed by atoms with Crippen LogP contribution >= 0.6 is 0 Å². The van der Waals surface area contributed by atoms with Gasteiger partial charge in [0.05, 0.1) is 0 Å². The minimum atomic E-state index is -0.607. The molecule has 1 heterocycles. The number of carbonyl (C=O) groups excluding carboxylic acids is 6. The lowest BCUT2D eigenvalue weighted by Gasteiger charge is -2.15. The second-order valence-corrected chi connectivity index (χ2v) is 9.58. The molecule has 0 atom stereocenters. The Balaban J connectivity index is 2.52. The summed E-state index contributed by atoms with van der Waals surface area (Å²) in [6, 6.07) is 0. The van der Waals surface area contributed by atoms with Crippen LogP contribution in [0.2, 0.25) is 0 Å². The summed E-state index contributed by atoms with van der Waals surface area (Å²) in [5, 5.41) is 39.2. The summed E-state index contributed by atoms with van der Waals surface area (Å²) in [5.74, 6) is -2.84. The summed E-state index contributed by atoms with van der Waals surface area (Å²) < 4.78 is 0. The second-order valence-electron chi connectivity index (χ2n) is 9.58. The third kappa shape index (κ3) is 16.6. The lowest BCUT2D eigenvalue weighted by atomic mass is 10.2. The Morgan fingerprint density at radius 3 is 1.00 bits per heavy atom. The van der Waals surface area contributed by atoms with Crippen LogP contribution in [0.5, 0.6) is 0 Å². The maximum atomic E-state index is 12.0. The van der Waals surface area contributed by atoms with E-state index in [1.54, 1.807) is 0 Å². The largest absolute Gasteiger partial charge is 0.356 e. The van der Waals surface area contributed by atoms with Crippen LogP contribution in [0.25, 0.3) is 0 Å². The predicted octanol–water partition coefficient (Wildman–Crippen LogP) is 0.0733. The van der Waals surface area contributed by atoms with Crippen LogP contribution in [0.4, 0.5) is 0 Å². The summed E-state index contributed by atoms with van der Waals surface area (Å²) in [6.45, 7) is 1.12. The van der Waals surface area contributed by atoms with E-state index in [4.69, 9.17) is 0 Å². The van der Waals surface area contributed by atoms with Gasteiger partial charge in [-0.2, -0.15) is 0 Å². The summed E-state index contributed by atoms with van der Waals surface area (Å²) in [4.78, 5) is 71.8. The molecule has 0 spiro atoms. The first-order valence-corrected chi connectivity index (χ1v) is 13.9. The zero-order chi connectivity index (χ0) is 29.8. The fourth-order valence-electron chi connectivity index (χ4n) is 3.71. The Labute approximate surface area is 234 Å². The van der Waals surface area contributed by atoms with Gasteiger partial charge in [0.1, 0.15) is 0 Å². The molecule has 6 N–H and O–H groups in total. The molecule has 15 heteroatoms. The summed E-state index contributed by atoms with van der Waals surface area (Å²) in [6.07, 6.45) is 2.74. The zero-order valence-electron chi connectivity index (χ0n) is 23.1. The van der Waals surface area contributed by atoms with Crippen LogP contribution in [0.1, 0.15) is 83.5 Å². The van der Waals surface area contributed by atoms with Gasteiger partial charge in [0.25, 0.3) is 0 Å². The van der Waals surface area contributed by atoms with Crippen molar-refractivity contribution in [3.63, 3.8) is 0 Å². The minimum Gasteiger partial charge on any atom is -0.356 e. The Kier molecular flexibility index (Phi) is 17.9. The summed E-state index contributed by atoms with van der Waals surface area (Å²) in [7, 11) is 0. The van der Waals surface area contributed by atoms with E-state index >= 15 is 0 Å². The number of hydroxylamine groups is 6. The molecular formula is C25H44N6O9. The van der Waals surface area contributed by atoms with E-state index in [0.29, 0.717) is 73.2 Å². The van der Waals surface area contributed by atoms with Gasteiger partial charge in [-0.1, -0.05) is 0 Å². The van der Waals surface area contributed by atoms with E-state index in [1.165, 1.54) is 0 Å². The van der Waals surface area contributed by atoms with Crippen molar-refractivity contribution >= 4 is 35.4 Å². The molecule has 1 aliphatic rings. The summed E-state index contributed by atoms with van der Waals surface area (Å²) in [5.41, 5.74) is 0. The molecule has 0 aliphatic carbocycles. The SMILES string of the molecule is O=C1CCC(=O)N(O)CCCCCNC(=O)CCC(=O)N(O)CCCCNC(=O)CCC(=O)N(O)CCCCN1. The van der Waals surface area contributed by atoms with Crippen LogP contribution in [-0.4, -0.2) is 106 Å². The third-order valence-electron chi connectivity index (χ3n) is 6.17. The van der Waals surface area contributed by atoms with E-state index in [9.17, 15) is 44.4 Å². The van der Waals surface area contributed by atoms with Crippen molar-refractivity contribution in [3.05, 3.63) is 0 Å². The van der Waals surface area contributed by atoms with E-state index in [1.807, 2.05) is 0 Å². The summed E-state index contributed by atoms with van der Waals surface area (Å²) >= 11 is 0. The van der Waals surface area contributed by atoms with Crippen LogP contribution in [0.15, 0.2) is 0 Å². The highest BCUT2D eigenvalue weighted by Crippen LogP contribution is 2.03. The van der Waals surface area contributed by atoms with Crippen LogP contribution in [0.3, 0.4) is 0 Å². The van der Waals surface area contributed by atoms with Gasteiger partial charge >= 0.3 is 0 Å². The van der Waals surface area contributed by atoms with E-state index < -0.39 is 17.7 Å². The van der Waals surface area contributed by atoms with Crippen molar-refractivity contribution in [1.82, 2.24) is 31.1 Å². The van der Waals surface area contributed by atoms with Crippen molar-refractivity contribution in [1.29, 1.82) is 0 Å². The second kappa shape index (κ2) is 20.6. The van der Waals surface area contributed by atoms with Gasteiger partial charge in [-0.15, -0.1) is 0 Å². The van der Waals surface area contributed by atoms with Gasteiger partial charge in [-0.05, 0) is 44.9 Å². The van der Waals surface area contributed by atoms with Gasteiger partial charge in [0.2, 0.25) is 35.4 Å². The van der Waals surface area contributed by atoms with E-state index in [2.05, 4.69) is 16.0 Å². The molecule has 15 nitrogen and oxygen atoms in total. The average molecular weight is 573 g/mol. The van der Waals surface area contributed by atoms with Crippen molar-refractivity contribution in [3.8, 4) is 0 Å². The monoisotopic (exact) mass is 572 g/mol. The topological polar surface area (TPSA) is 209 Å². The number of amides is 6. The lowest BCUT2D eigenvalue weighted by molar-refractivity contribution is -0.166. The van der Waals surface area contributed by atoms with Gasteiger partial charge in [-0.3, -0.25) is 44.4 Å². The maximum Gasteiger partial charge on any atom is 0.246 e. The Bertz CT molecular complexity index is 842. The first-order valence-electron chi connectivity index (χ1n) is 13.9. The Morgan fingerprint density at radius 2 is 0.675 bits per heavy atom. The highest BCUT2D eigenvalue weighted by Gasteiger charge is 2.16. The molecule has 0 radical (unpaired) electrons. The molecule has 40 heavy (non-hydrogen) atoms. The van der Waals surface area contributed by atoms with Crippen molar-refractivity contribution in [2.24, 2.45) is 0 Å². The molecule has 0 bridgehead atoms. The molecule has 0 unspecified atom stereocenters. The molecule has 1 fully saturated rings.